The Bertz CT molecular complexity index is 508. The number of likely N-dealkylation sites (tertiary alicyclic amines) is 1. The van der Waals surface area contributed by atoms with Crippen LogP contribution in [0.3, 0.4) is 0 Å². The molecule has 0 amide bonds. The van der Waals surface area contributed by atoms with Gasteiger partial charge in [0.05, 0.1) is 26.9 Å². The lowest BCUT2D eigenvalue weighted by Crippen LogP contribution is -2.40. The Morgan fingerprint density at radius 3 is 2.62 bits per heavy atom. The van der Waals surface area contributed by atoms with Crippen molar-refractivity contribution in [1.29, 1.82) is 0 Å². The van der Waals surface area contributed by atoms with E-state index in [9.17, 15) is 0 Å². The van der Waals surface area contributed by atoms with Gasteiger partial charge in [0.15, 0.2) is 0 Å². The monoisotopic (exact) mass is 334 g/mol. The molecule has 2 aliphatic rings. The van der Waals surface area contributed by atoms with Gasteiger partial charge in [0, 0.05) is 45.2 Å². The molecule has 0 aliphatic carbocycles. The Morgan fingerprint density at radius 1 is 1.08 bits per heavy atom. The molecule has 1 atom stereocenters. The van der Waals surface area contributed by atoms with Gasteiger partial charge < -0.3 is 19.1 Å². The summed E-state index contributed by atoms with van der Waals surface area (Å²) >= 11 is 0. The van der Waals surface area contributed by atoms with Crippen molar-refractivity contribution in [2.24, 2.45) is 5.41 Å². The SMILES string of the molecule is COCCN1CC[C@]2(COCCN(Cc3ccc(OC)cc3)C2)C1. The lowest BCUT2D eigenvalue weighted by molar-refractivity contribution is 0.0682. The van der Waals surface area contributed by atoms with Crippen molar-refractivity contribution in [2.45, 2.75) is 13.0 Å². The molecule has 0 bridgehead atoms. The van der Waals surface area contributed by atoms with Gasteiger partial charge in [-0.15, -0.1) is 0 Å². The number of hydrogen-bond acceptors (Lipinski definition) is 5. The fourth-order valence-electron chi connectivity index (χ4n) is 3.89. The van der Waals surface area contributed by atoms with E-state index in [0.717, 1.165) is 64.8 Å². The van der Waals surface area contributed by atoms with Gasteiger partial charge in [-0.25, -0.2) is 0 Å². The first-order valence-corrected chi connectivity index (χ1v) is 8.87. The predicted molar refractivity (Wildman–Crippen MR) is 94.5 cm³/mol. The highest BCUT2D eigenvalue weighted by atomic mass is 16.5. The summed E-state index contributed by atoms with van der Waals surface area (Å²) in [6, 6.07) is 8.41. The Morgan fingerprint density at radius 2 is 1.88 bits per heavy atom. The summed E-state index contributed by atoms with van der Waals surface area (Å²) < 4.78 is 16.4. The largest absolute Gasteiger partial charge is 0.497 e. The van der Waals surface area contributed by atoms with E-state index in [1.54, 1.807) is 14.2 Å². The maximum Gasteiger partial charge on any atom is 0.118 e. The topological polar surface area (TPSA) is 34.2 Å². The zero-order valence-electron chi connectivity index (χ0n) is 15.0. The van der Waals surface area contributed by atoms with Crippen molar-refractivity contribution in [3.8, 4) is 5.75 Å². The quantitative estimate of drug-likeness (QED) is 0.793. The van der Waals surface area contributed by atoms with Gasteiger partial charge in [-0.3, -0.25) is 4.90 Å². The van der Waals surface area contributed by atoms with Crippen LogP contribution in [0.15, 0.2) is 24.3 Å². The van der Waals surface area contributed by atoms with E-state index in [2.05, 4.69) is 21.9 Å². The first-order valence-electron chi connectivity index (χ1n) is 8.87. The van der Waals surface area contributed by atoms with Crippen LogP contribution >= 0.6 is 0 Å². The van der Waals surface area contributed by atoms with E-state index in [-0.39, 0.29) is 5.41 Å². The molecule has 1 aromatic carbocycles. The predicted octanol–water partition coefficient (Wildman–Crippen LogP) is 1.87. The Hall–Kier alpha value is -1.14. The van der Waals surface area contributed by atoms with Gasteiger partial charge in [-0.05, 0) is 30.7 Å². The van der Waals surface area contributed by atoms with Crippen LogP contribution in [0.2, 0.25) is 0 Å². The maximum atomic E-state index is 5.97. The van der Waals surface area contributed by atoms with Gasteiger partial charge in [0.2, 0.25) is 0 Å². The molecule has 0 aromatic heterocycles. The van der Waals surface area contributed by atoms with Crippen molar-refractivity contribution < 1.29 is 14.2 Å². The standard InChI is InChI=1S/C19H30N2O3/c1-22-11-9-20-8-7-19(14-20)15-21(10-12-24-16-19)13-17-3-5-18(23-2)6-4-17/h3-6H,7-16H2,1-2H3/t19-/m0/s1. The molecule has 3 rings (SSSR count). The molecule has 134 valence electrons. The summed E-state index contributed by atoms with van der Waals surface area (Å²) in [5.41, 5.74) is 1.61. The minimum Gasteiger partial charge on any atom is -0.497 e. The van der Waals surface area contributed by atoms with Crippen LogP contribution in [0.4, 0.5) is 0 Å². The van der Waals surface area contributed by atoms with Crippen LogP contribution in [0, 0.1) is 5.41 Å². The fourth-order valence-corrected chi connectivity index (χ4v) is 3.89. The van der Waals surface area contributed by atoms with Gasteiger partial charge in [0.25, 0.3) is 0 Å². The summed E-state index contributed by atoms with van der Waals surface area (Å²) in [5.74, 6) is 0.916. The average molecular weight is 334 g/mol. The van der Waals surface area contributed by atoms with E-state index in [4.69, 9.17) is 14.2 Å². The maximum absolute atomic E-state index is 5.97. The van der Waals surface area contributed by atoms with Crippen LogP contribution in [0.1, 0.15) is 12.0 Å². The Labute approximate surface area is 145 Å². The van der Waals surface area contributed by atoms with E-state index in [1.807, 2.05) is 12.1 Å². The molecule has 0 radical (unpaired) electrons. The molecule has 24 heavy (non-hydrogen) atoms. The summed E-state index contributed by atoms with van der Waals surface area (Å²) in [4.78, 5) is 5.07. The third-order valence-electron chi connectivity index (χ3n) is 5.21. The minimum atomic E-state index is 0.275. The number of methoxy groups -OCH3 is 2. The van der Waals surface area contributed by atoms with Gasteiger partial charge >= 0.3 is 0 Å². The van der Waals surface area contributed by atoms with Gasteiger partial charge in [-0.2, -0.15) is 0 Å². The van der Waals surface area contributed by atoms with E-state index >= 15 is 0 Å². The number of rotatable bonds is 6. The van der Waals surface area contributed by atoms with Gasteiger partial charge in [0.1, 0.15) is 5.75 Å². The van der Waals surface area contributed by atoms with Crippen LogP contribution in [-0.2, 0) is 16.0 Å². The molecule has 0 unspecified atom stereocenters. The first-order chi connectivity index (χ1) is 11.7. The van der Waals surface area contributed by atoms with Crippen molar-refractivity contribution in [3.63, 3.8) is 0 Å². The molecule has 1 spiro atoms. The lowest BCUT2D eigenvalue weighted by Gasteiger charge is -2.32. The molecule has 2 heterocycles. The van der Waals surface area contributed by atoms with E-state index in [0.29, 0.717) is 0 Å². The molecule has 2 saturated heterocycles. The zero-order chi connectivity index (χ0) is 16.8. The third-order valence-corrected chi connectivity index (χ3v) is 5.21. The summed E-state index contributed by atoms with van der Waals surface area (Å²) in [6.07, 6.45) is 1.22. The first kappa shape index (κ1) is 17.7. The fraction of sp³-hybridized carbons (Fsp3) is 0.684. The zero-order valence-corrected chi connectivity index (χ0v) is 15.0. The molecular formula is C19H30N2O3. The Balaban J connectivity index is 1.60. The van der Waals surface area contributed by atoms with Gasteiger partial charge in [-0.1, -0.05) is 12.1 Å². The number of benzene rings is 1. The second-order valence-corrected chi connectivity index (χ2v) is 7.13. The van der Waals surface area contributed by atoms with Crippen molar-refractivity contribution >= 4 is 0 Å². The summed E-state index contributed by atoms with van der Waals surface area (Å²) in [7, 11) is 3.48. The van der Waals surface area contributed by atoms with Crippen molar-refractivity contribution in [1.82, 2.24) is 9.80 Å². The van der Waals surface area contributed by atoms with E-state index in [1.165, 1.54) is 12.0 Å². The lowest BCUT2D eigenvalue weighted by atomic mass is 9.87. The number of hydrogen-bond donors (Lipinski definition) is 0. The van der Waals surface area contributed by atoms with Crippen LogP contribution in [0.25, 0.3) is 0 Å². The molecule has 1 aromatic rings. The normalized spacial score (nSPS) is 25.9. The number of ether oxygens (including phenoxy) is 3. The van der Waals surface area contributed by atoms with Crippen LogP contribution < -0.4 is 4.74 Å². The molecule has 0 saturated carbocycles. The highest BCUT2D eigenvalue weighted by Gasteiger charge is 2.40. The molecule has 5 nitrogen and oxygen atoms in total. The summed E-state index contributed by atoms with van der Waals surface area (Å²) in [6.45, 7) is 8.93. The average Bonchev–Trinajstić information content (AvgIpc) is 2.89. The second-order valence-electron chi connectivity index (χ2n) is 7.13. The van der Waals surface area contributed by atoms with Crippen molar-refractivity contribution in [3.05, 3.63) is 29.8 Å². The molecule has 2 fully saturated rings. The molecule has 2 aliphatic heterocycles. The highest BCUT2D eigenvalue weighted by Crippen LogP contribution is 2.33. The molecule has 5 heteroatoms. The van der Waals surface area contributed by atoms with Crippen molar-refractivity contribution in [2.75, 3.05) is 66.8 Å². The molecule has 0 N–H and O–H groups in total. The van der Waals surface area contributed by atoms with Crippen LogP contribution in [0.5, 0.6) is 5.75 Å². The highest BCUT2D eigenvalue weighted by molar-refractivity contribution is 5.27. The van der Waals surface area contributed by atoms with Crippen LogP contribution in [-0.4, -0.2) is 76.6 Å². The second kappa shape index (κ2) is 8.30. The van der Waals surface area contributed by atoms with E-state index < -0.39 is 0 Å². The minimum absolute atomic E-state index is 0.275. The third kappa shape index (κ3) is 4.48. The summed E-state index contributed by atoms with van der Waals surface area (Å²) in [5, 5.41) is 0. The molecular weight excluding hydrogens is 304 g/mol. The number of nitrogens with zero attached hydrogens (tertiary/aromatic N) is 2. The smallest absolute Gasteiger partial charge is 0.118 e. The Kier molecular flexibility index (Phi) is 6.11.